The highest BCUT2D eigenvalue weighted by atomic mass is 127. The van der Waals surface area contributed by atoms with Gasteiger partial charge in [-0.1, -0.05) is 23.2 Å². The van der Waals surface area contributed by atoms with Crippen molar-refractivity contribution in [1.82, 2.24) is 9.97 Å². The Kier molecular flexibility index (Phi) is 4.45. The van der Waals surface area contributed by atoms with Crippen LogP contribution in [-0.4, -0.2) is 14.9 Å². The maximum atomic E-state index is 11.4. The Bertz CT molecular complexity index is 750. The fourth-order valence-corrected chi connectivity index (χ4v) is 2.00. The van der Waals surface area contributed by atoms with Crippen LogP contribution in [0.1, 0.15) is 0 Å². The molecule has 1 N–H and O–H groups in total. The van der Waals surface area contributed by atoms with Gasteiger partial charge >= 0.3 is 5.69 Å². The summed E-state index contributed by atoms with van der Waals surface area (Å²) in [4.78, 5) is 27.8. The van der Waals surface area contributed by atoms with Crippen molar-refractivity contribution in [2.24, 2.45) is 0 Å². The number of benzene rings is 1. The van der Waals surface area contributed by atoms with Gasteiger partial charge < -0.3 is 9.72 Å². The molecule has 0 aliphatic heterocycles. The van der Waals surface area contributed by atoms with Crippen molar-refractivity contribution in [3.63, 3.8) is 0 Å². The quantitative estimate of drug-likeness (QED) is 0.460. The number of ether oxygens (including phenoxy) is 1. The van der Waals surface area contributed by atoms with Crippen molar-refractivity contribution >= 4 is 51.5 Å². The van der Waals surface area contributed by atoms with Crippen LogP contribution in [0.3, 0.4) is 0 Å². The molecule has 1 aromatic carbocycles. The first-order valence-electron chi connectivity index (χ1n) is 4.94. The van der Waals surface area contributed by atoms with Crippen molar-refractivity contribution in [2.75, 3.05) is 0 Å². The largest absolute Gasteiger partial charge is 0.430 e. The number of nitro benzene ring substituents is 1. The summed E-state index contributed by atoms with van der Waals surface area (Å²) in [6.45, 7) is 0. The van der Waals surface area contributed by atoms with Crippen LogP contribution in [0, 0.1) is 13.7 Å². The number of aromatic nitrogens is 2. The number of halogens is 3. The van der Waals surface area contributed by atoms with Crippen LogP contribution < -0.4 is 10.3 Å². The summed E-state index contributed by atoms with van der Waals surface area (Å²) in [6, 6.07) is 2.26. The number of rotatable bonds is 3. The number of nitrogens with one attached hydrogen (secondary N) is 1. The number of hydrogen-bond donors (Lipinski definition) is 1. The molecule has 1 aromatic heterocycles. The highest BCUT2D eigenvalue weighted by Gasteiger charge is 2.20. The summed E-state index contributed by atoms with van der Waals surface area (Å²) < 4.78 is 5.45. The Balaban J connectivity index is 2.53. The molecule has 20 heavy (non-hydrogen) atoms. The molecule has 0 amide bonds. The zero-order valence-corrected chi connectivity index (χ0v) is 13.1. The normalized spacial score (nSPS) is 10.3. The SMILES string of the molecule is O=c1[nH]cnc(Oc2cc(Cl)c(Cl)cc2[N+](=O)[O-])c1I. The van der Waals surface area contributed by atoms with Crippen molar-refractivity contribution < 1.29 is 9.66 Å². The summed E-state index contributed by atoms with van der Waals surface area (Å²) in [5.74, 6) is -0.212. The second-order valence-corrected chi connectivity index (χ2v) is 5.34. The molecular formula is C10H4Cl2IN3O4. The second-order valence-electron chi connectivity index (χ2n) is 3.44. The van der Waals surface area contributed by atoms with Crippen LogP contribution in [0.4, 0.5) is 5.69 Å². The smallest absolute Gasteiger partial charge is 0.313 e. The van der Waals surface area contributed by atoms with E-state index in [1.807, 2.05) is 0 Å². The topological polar surface area (TPSA) is 98.1 Å². The minimum Gasteiger partial charge on any atom is -0.430 e. The third kappa shape index (κ3) is 3.02. The summed E-state index contributed by atoms with van der Waals surface area (Å²) in [7, 11) is 0. The standard InChI is InChI=1S/C10H4Cl2IN3O4/c11-4-1-6(16(18)19)7(2-5(4)12)20-10-8(13)9(17)14-3-15-10/h1-3H,(H,14,15,17). The molecule has 0 saturated carbocycles. The molecule has 0 fully saturated rings. The van der Waals surface area contributed by atoms with Crippen molar-refractivity contribution in [1.29, 1.82) is 0 Å². The zero-order valence-electron chi connectivity index (χ0n) is 9.39. The highest BCUT2D eigenvalue weighted by molar-refractivity contribution is 14.1. The van der Waals surface area contributed by atoms with E-state index < -0.39 is 10.5 Å². The van der Waals surface area contributed by atoms with E-state index in [4.69, 9.17) is 27.9 Å². The van der Waals surface area contributed by atoms with Crippen LogP contribution in [-0.2, 0) is 0 Å². The molecule has 10 heteroatoms. The first-order chi connectivity index (χ1) is 9.40. The van der Waals surface area contributed by atoms with Gasteiger partial charge in [-0.2, -0.15) is 0 Å². The lowest BCUT2D eigenvalue weighted by Gasteiger charge is -2.07. The van der Waals surface area contributed by atoms with E-state index in [2.05, 4.69) is 9.97 Å². The monoisotopic (exact) mass is 427 g/mol. The Hall–Kier alpha value is -1.39. The Morgan fingerprint density at radius 2 is 2.00 bits per heavy atom. The van der Waals surface area contributed by atoms with E-state index in [1.165, 1.54) is 6.07 Å². The van der Waals surface area contributed by atoms with Gasteiger partial charge in [-0.15, -0.1) is 0 Å². The van der Waals surface area contributed by atoms with Crippen LogP contribution in [0.5, 0.6) is 11.6 Å². The lowest BCUT2D eigenvalue weighted by Crippen LogP contribution is -2.11. The number of aromatic amines is 1. The summed E-state index contributed by atoms with van der Waals surface area (Å²) in [5.41, 5.74) is -0.796. The molecule has 0 atom stereocenters. The van der Waals surface area contributed by atoms with Gasteiger partial charge in [0.1, 0.15) is 3.57 Å². The molecule has 0 radical (unpaired) electrons. The van der Waals surface area contributed by atoms with Gasteiger partial charge in [0.15, 0.2) is 0 Å². The predicted molar refractivity (Wildman–Crippen MR) is 80.8 cm³/mol. The van der Waals surface area contributed by atoms with Crippen LogP contribution in [0.2, 0.25) is 10.0 Å². The molecule has 2 rings (SSSR count). The maximum absolute atomic E-state index is 11.4. The minimum atomic E-state index is -0.669. The first kappa shape index (κ1) is 15.0. The van der Waals surface area contributed by atoms with E-state index in [1.54, 1.807) is 22.6 Å². The van der Waals surface area contributed by atoms with Crippen LogP contribution in [0.25, 0.3) is 0 Å². The van der Waals surface area contributed by atoms with Gasteiger partial charge in [0.05, 0.1) is 21.3 Å². The fourth-order valence-electron chi connectivity index (χ4n) is 1.28. The molecule has 2 aromatic rings. The van der Waals surface area contributed by atoms with Gasteiger partial charge in [-0.05, 0) is 22.6 Å². The first-order valence-corrected chi connectivity index (χ1v) is 6.78. The van der Waals surface area contributed by atoms with Gasteiger partial charge in [-0.3, -0.25) is 14.9 Å². The van der Waals surface area contributed by atoms with Gasteiger partial charge in [0.2, 0.25) is 11.6 Å². The molecule has 0 saturated heterocycles. The zero-order chi connectivity index (χ0) is 14.9. The number of H-pyrrole nitrogens is 1. The average molecular weight is 428 g/mol. The van der Waals surface area contributed by atoms with E-state index in [-0.39, 0.29) is 30.9 Å². The van der Waals surface area contributed by atoms with E-state index in [0.717, 1.165) is 12.4 Å². The minimum absolute atomic E-state index is 0.0271. The summed E-state index contributed by atoms with van der Waals surface area (Å²) in [5, 5.41) is 11.1. The lowest BCUT2D eigenvalue weighted by molar-refractivity contribution is -0.385. The van der Waals surface area contributed by atoms with Crippen LogP contribution >= 0.6 is 45.8 Å². The van der Waals surface area contributed by atoms with Gasteiger partial charge in [0, 0.05) is 12.1 Å². The number of nitro groups is 1. The van der Waals surface area contributed by atoms with Gasteiger partial charge in [0.25, 0.3) is 5.56 Å². The number of hydrogen-bond acceptors (Lipinski definition) is 5. The molecular weight excluding hydrogens is 424 g/mol. The fraction of sp³-hybridized carbons (Fsp3) is 0. The molecule has 7 nitrogen and oxygen atoms in total. The van der Waals surface area contributed by atoms with Crippen molar-refractivity contribution in [2.45, 2.75) is 0 Å². The van der Waals surface area contributed by atoms with Gasteiger partial charge in [-0.25, -0.2) is 4.98 Å². The van der Waals surface area contributed by atoms with E-state index >= 15 is 0 Å². The molecule has 1 heterocycles. The third-order valence-electron chi connectivity index (χ3n) is 2.17. The maximum Gasteiger partial charge on any atom is 0.313 e. The van der Waals surface area contributed by atoms with Crippen molar-refractivity contribution in [3.05, 3.63) is 52.5 Å². The average Bonchev–Trinajstić information content (AvgIpc) is 2.38. The Morgan fingerprint density at radius 1 is 1.35 bits per heavy atom. The number of nitrogens with zero attached hydrogens (tertiary/aromatic N) is 2. The predicted octanol–water partition coefficient (Wildman–Crippen LogP) is 3.38. The van der Waals surface area contributed by atoms with E-state index in [9.17, 15) is 14.9 Å². The second kappa shape index (κ2) is 5.94. The third-order valence-corrected chi connectivity index (χ3v) is 3.84. The van der Waals surface area contributed by atoms with Crippen molar-refractivity contribution in [3.8, 4) is 11.6 Å². The molecule has 0 bridgehead atoms. The highest BCUT2D eigenvalue weighted by Crippen LogP contribution is 2.37. The molecule has 104 valence electrons. The Labute approximate surface area is 135 Å². The lowest BCUT2D eigenvalue weighted by atomic mass is 10.3. The molecule has 0 aliphatic rings. The summed E-state index contributed by atoms with van der Waals surface area (Å²) >= 11 is 13.2. The molecule has 0 unspecified atom stereocenters. The molecule has 0 aliphatic carbocycles. The van der Waals surface area contributed by atoms with Crippen LogP contribution in [0.15, 0.2) is 23.3 Å². The summed E-state index contributed by atoms with van der Waals surface area (Å²) in [6.07, 6.45) is 1.13. The van der Waals surface area contributed by atoms with E-state index in [0.29, 0.717) is 0 Å². The Morgan fingerprint density at radius 3 is 2.65 bits per heavy atom. The molecule has 0 spiro atoms.